The second-order valence-corrected chi connectivity index (χ2v) is 6.68. The molecule has 3 N–H and O–H groups in total. The maximum absolute atomic E-state index is 11.7. The molecular weight excluding hydrogens is 376 g/mol. The predicted octanol–water partition coefficient (Wildman–Crippen LogP) is 2.87. The number of aliphatic imine (C=N–C) groups is 1. The summed E-state index contributed by atoms with van der Waals surface area (Å²) in [5, 5.41) is 9.74. The predicted molar refractivity (Wildman–Crippen MR) is 114 cm³/mol. The Bertz CT molecular complexity index is 810. The van der Waals surface area contributed by atoms with Gasteiger partial charge in [-0.05, 0) is 43.2 Å². The van der Waals surface area contributed by atoms with Crippen molar-refractivity contribution in [2.45, 2.75) is 19.4 Å². The molecule has 7 heteroatoms. The SMILES string of the molecule is CN=C(NCCc1cccc(C(=O)NC)c1)NCC(C)Oc1ccccc1Cl. The van der Waals surface area contributed by atoms with Crippen LogP contribution in [0.5, 0.6) is 5.75 Å². The number of nitrogens with one attached hydrogen (secondary N) is 3. The summed E-state index contributed by atoms with van der Waals surface area (Å²) in [6.07, 6.45) is 0.694. The van der Waals surface area contributed by atoms with E-state index in [-0.39, 0.29) is 12.0 Å². The van der Waals surface area contributed by atoms with Crippen LogP contribution in [0, 0.1) is 0 Å². The van der Waals surface area contributed by atoms with Crippen molar-refractivity contribution in [3.05, 3.63) is 64.7 Å². The molecule has 150 valence electrons. The molecule has 0 aliphatic rings. The summed E-state index contributed by atoms with van der Waals surface area (Å²) in [7, 11) is 3.35. The zero-order valence-electron chi connectivity index (χ0n) is 16.5. The molecule has 2 aromatic carbocycles. The molecule has 2 aromatic rings. The lowest BCUT2D eigenvalue weighted by atomic mass is 10.1. The zero-order chi connectivity index (χ0) is 20.4. The average Bonchev–Trinajstić information content (AvgIpc) is 2.71. The number of benzene rings is 2. The molecule has 0 aromatic heterocycles. The van der Waals surface area contributed by atoms with Gasteiger partial charge in [0.15, 0.2) is 5.96 Å². The maximum Gasteiger partial charge on any atom is 0.251 e. The zero-order valence-corrected chi connectivity index (χ0v) is 17.2. The Morgan fingerprint density at radius 2 is 1.96 bits per heavy atom. The molecule has 0 aliphatic heterocycles. The largest absolute Gasteiger partial charge is 0.487 e. The molecule has 0 radical (unpaired) electrons. The topological polar surface area (TPSA) is 74.8 Å². The van der Waals surface area contributed by atoms with Crippen LogP contribution >= 0.6 is 11.6 Å². The second kappa shape index (κ2) is 11.2. The summed E-state index contributed by atoms with van der Waals surface area (Å²) in [6, 6.07) is 15.0. The van der Waals surface area contributed by atoms with Crippen LogP contribution in [0.4, 0.5) is 0 Å². The van der Waals surface area contributed by atoms with E-state index in [1.54, 1.807) is 26.2 Å². The Morgan fingerprint density at radius 1 is 1.18 bits per heavy atom. The number of carbonyl (C=O) groups is 1. The van der Waals surface area contributed by atoms with Crippen LogP contribution in [0.1, 0.15) is 22.8 Å². The van der Waals surface area contributed by atoms with E-state index >= 15 is 0 Å². The van der Waals surface area contributed by atoms with Gasteiger partial charge in [-0.3, -0.25) is 9.79 Å². The number of amides is 1. The Hall–Kier alpha value is -2.73. The van der Waals surface area contributed by atoms with Gasteiger partial charge in [0.25, 0.3) is 5.91 Å². The van der Waals surface area contributed by atoms with Crippen LogP contribution in [0.15, 0.2) is 53.5 Å². The van der Waals surface area contributed by atoms with Crippen LogP contribution in [-0.2, 0) is 6.42 Å². The quantitative estimate of drug-likeness (QED) is 0.469. The lowest BCUT2D eigenvalue weighted by Crippen LogP contribution is -2.42. The van der Waals surface area contributed by atoms with Gasteiger partial charge in [-0.25, -0.2) is 0 Å². The highest BCUT2D eigenvalue weighted by Gasteiger charge is 2.08. The van der Waals surface area contributed by atoms with Crippen molar-refractivity contribution >= 4 is 23.5 Å². The number of halogens is 1. The van der Waals surface area contributed by atoms with Crippen LogP contribution in [0.2, 0.25) is 5.02 Å². The Morgan fingerprint density at radius 3 is 2.68 bits per heavy atom. The highest BCUT2D eigenvalue weighted by atomic mass is 35.5. The molecule has 1 amide bonds. The molecule has 0 bridgehead atoms. The lowest BCUT2D eigenvalue weighted by Gasteiger charge is -2.18. The third kappa shape index (κ3) is 6.78. The number of hydrogen-bond acceptors (Lipinski definition) is 3. The average molecular weight is 403 g/mol. The fourth-order valence-electron chi connectivity index (χ4n) is 2.60. The van der Waals surface area contributed by atoms with Gasteiger partial charge in [-0.1, -0.05) is 35.9 Å². The van der Waals surface area contributed by atoms with Crippen LogP contribution in [0.25, 0.3) is 0 Å². The number of carbonyl (C=O) groups excluding carboxylic acids is 1. The summed E-state index contributed by atoms with van der Waals surface area (Å²) in [6.45, 7) is 3.24. The van der Waals surface area contributed by atoms with Crippen LogP contribution in [-0.4, -0.2) is 45.2 Å². The molecule has 0 aliphatic carbocycles. The first-order chi connectivity index (χ1) is 13.5. The lowest BCUT2D eigenvalue weighted by molar-refractivity contribution is 0.0963. The molecule has 0 fully saturated rings. The smallest absolute Gasteiger partial charge is 0.251 e. The number of guanidine groups is 1. The van der Waals surface area contributed by atoms with Crippen molar-refractivity contribution in [2.24, 2.45) is 4.99 Å². The van der Waals surface area contributed by atoms with Crippen molar-refractivity contribution in [2.75, 3.05) is 27.2 Å². The fraction of sp³-hybridized carbons (Fsp3) is 0.333. The molecule has 0 saturated heterocycles. The van der Waals surface area contributed by atoms with E-state index in [1.807, 2.05) is 43.3 Å². The standard InChI is InChI=1S/C21H27ClN4O2/c1-15(28-19-10-5-4-9-18(19)22)14-26-21(24-3)25-12-11-16-7-6-8-17(13-16)20(27)23-2/h4-10,13,15H,11-12,14H2,1-3H3,(H,23,27)(H2,24,25,26). The van der Waals surface area contributed by atoms with Gasteiger partial charge < -0.3 is 20.7 Å². The van der Waals surface area contributed by atoms with E-state index in [1.165, 1.54) is 0 Å². The Kier molecular flexibility index (Phi) is 8.62. The molecule has 28 heavy (non-hydrogen) atoms. The molecule has 0 spiro atoms. The molecular formula is C21H27ClN4O2. The van der Waals surface area contributed by atoms with Gasteiger partial charge in [-0.2, -0.15) is 0 Å². The molecule has 0 heterocycles. The molecule has 0 saturated carbocycles. The minimum absolute atomic E-state index is 0.0808. The Labute approximate surface area is 171 Å². The molecule has 1 unspecified atom stereocenters. The van der Waals surface area contributed by atoms with Gasteiger partial charge >= 0.3 is 0 Å². The van der Waals surface area contributed by atoms with Crippen molar-refractivity contribution in [3.63, 3.8) is 0 Å². The van der Waals surface area contributed by atoms with E-state index < -0.39 is 0 Å². The summed E-state index contributed by atoms with van der Waals surface area (Å²) in [5.74, 6) is 1.27. The Balaban J connectivity index is 1.77. The third-order valence-electron chi connectivity index (χ3n) is 4.07. The van der Waals surface area contributed by atoms with Gasteiger partial charge in [0.05, 0.1) is 11.6 Å². The fourth-order valence-corrected chi connectivity index (χ4v) is 2.78. The van der Waals surface area contributed by atoms with Gasteiger partial charge in [0, 0.05) is 26.2 Å². The molecule has 2 rings (SSSR count). The van der Waals surface area contributed by atoms with E-state index in [9.17, 15) is 4.79 Å². The number of hydrogen-bond donors (Lipinski definition) is 3. The number of nitrogens with zero attached hydrogens (tertiary/aromatic N) is 1. The summed E-state index contributed by atoms with van der Waals surface area (Å²) in [4.78, 5) is 15.9. The van der Waals surface area contributed by atoms with Gasteiger partial charge in [-0.15, -0.1) is 0 Å². The minimum atomic E-state index is -0.0835. The first-order valence-corrected chi connectivity index (χ1v) is 9.58. The van der Waals surface area contributed by atoms with Crippen molar-refractivity contribution < 1.29 is 9.53 Å². The van der Waals surface area contributed by atoms with Crippen molar-refractivity contribution in [1.82, 2.24) is 16.0 Å². The van der Waals surface area contributed by atoms with E-state index in [4.69, 9.17) is 16.3 Å². The highest BCUT2D eigenvalue weighted by Crippen LogP contribution is 2.23. The van der Waals surface area contributed by atoms with Crippen molar-refractivity contribution in [1.29, 1.82) is 0 Å². The number of rotatable bonds is 8. The van der Waals surface area contributed by atoms with Crippen molar-refractivity contribution in [3.8, 4) is 5.75 Å². The van der Waals surface area contributed by atoms with Gasteiger partial charge in [0.1, 0.15) is 11.9 Å². The summed E-state index contributed by atoms with van der Waals surface area (Å²) < 4.78 is 5.84. The van der Waals surface area contributed by atoms with Gasteiger partial charge in [0.2, 0.25) is 0 Å². The highest BCUT2D eigenvalue weighted by molar-refractivity contribution is 6.32. The van der Waals surface area contributed by atoms with Crippen LogP contribution in [0.3, 0.4) is 0 Å². The first-order valence-electron chi connectivity index (χ1n) is 9.20. The third-order valence-corrected chi connectivity index (χ3v) is 4.38. The number of para-hydroxylation sites is 1. The maximum atomic E-state index is 11.7. The minimum Gasteiger partial charge on any atom is -0.487 e. The summed E-state index contributed by atoms with van der Waals surface area (Å²) >= 11 is 6.12. The van der Waals surface area contributed by atoms with E-state index in [0.29, 0.717) is 35.4 Å². The normalized spacial score (nSPS) is 12.2. The molecule has 1 atom stereocenters. The van der Waals surface area contributed by atoms with E-state index in [2.05, 4.69) is 20.9 Å². The van der Waals surface area contributed by atoms with E-state index in [0.717, 1.165) is 12.0 Å². The molecule has 6 nitrogen and oxygen atoms in total. The first kappa shape index (κ1) is 21.6. The summed E-state index contributed by atoms with van der Waals surface area (Å²) in [5.41, 5.74) is 1.74. The number of ether oxygens (including phenoxy) is 1. The van der Waals surface area contributed by atoms with Crippen LogP contribution < -0.4 is 20.7 Å². The second-order valence-electron chi connectivity index (χ2n) is 6.27. The monoisotopic (exact) mass is 402 g/mol.